The van der Waals surface area contributed by atoms with E-state index < -0.39 is 48.3 Å². The van der Waals surface area contributed by atoms with E-state index in [4.69, 9.17) is 13.5 Å². The number of amides is 1. The van der Waals surface area contributed by atoms with Crippen LogP contribution >= 0.6 is 23.0 Å². The van der Waals surface area contributed by atoms with Gasteiger partial charge in [-0.2, -0.15) is 26.3 Å². The lowest BCUT2D eigenvalue weighted by atomic mass is 9.61. The van der Waals surface area contributed by atoms with Gasteiger partial charge in [0.15, 0.2) is 18.1 Å². The molecule has 3 aliphatic rings. The normalized spacial score (nSPS) is 29.7. The predicted molar refractivity (Wildman–Crippen MR) is 113 cm³/mol. The van der Waals surface area contributed by atoms with Gasteiger partial charge >= 0.3 is 12.4 Å². The first-order valence-electron chi connectivity index (χ1n) is 10.1. The van der Waals surface area contributed by atoms with E-state index in [9.17, 15) is 31.1 Å². The SMILES string of the molecule is NC1=NC2(C(=O)N1CC(F)(F)F)c1cc(OCC(F)(F)F)ccc1C[C@]21CC[C@@H](OI)CC1. The van der Waals surface area contributed by atoms with Crippen LogP contribution < -0.4 is 10.5 Å². The molecule has 1 aliphatic heterocycles. The summed E-state index contributed by atoms with van der Waals surface area (Å²) in [6.45, 7) is -3.14. The molecule has 0 bridgehead atoms. The van der Waals surface area contributed by atoms with Crippen molar-refractivity contribution in [3.05, 3.63) is 29.3 Å². The van der Waals surface area contributed by atoms with Crippen molar-refractivity contribution in [2.75, 3.05) is 13.2 Å². The van der Waals surface area contributed by atoms with Crippen molar-refractivity contribution in [1.82, 2.24) is 4.90 Å². The van der Waals surface area contributed by atoms with E-state index in [2.05, 4.69) is 4.99 Å². The first-order chi connectivity index (χ1) is 15.3. The van der Waals surface area contributed by atoms with Crippen molar-refractivity contribution in [2.24, 2.45) is 16.1 Å². The largest absolute Gasteiger partial charge is 0.484 e. The minimum atomic E-state index is -4.71. The molecule has 1 amide bonds. The van der Waals surface area contributed by atoms with Gasteiger partial charge in [-0.3, -0.25) is 9.69 Å². The molecule has 33 heavy (non-hydrogen) atoms. The summed E-state index contributed by atoms with van der Waals surface area (Å²) in [5.41, 5.74) is 4.08. The van der Waals surface area contributed by atoms with Gasteiger partial charge < -0.3 is 13.5 Å². The van der Waals surface area contributed by atoms with Crippen molar-refractivity contribution < 1.29 is 38.9 Å². The van der Waals surface area contributed by atoms with E-state index in [1.165, 1.54) is 12.1 Å². The van der Waals surface area contributed by atoms with Crippen LogP contribution in [0.25, 0.3) is 0 Å². The van der Waals surface area contributed by atoms with Crippen LogP contribution in [0.1, 0.15) is 36.8 Å². The Hall–Kier alpha value is -1.77. The maximum atomic E-state index is 13.6. The van der Waals surface area contributed by atoms with Crippen LogP contribution in [-0.2, 0) is 19.8 Å². The number of guanidine groups is 1. The van der Waals surface area contributed by atoms with Gasteiger partial charge in [0.05, 0.1) is 6.10 Å². The molecule has 1 saturated carbocycles. The van der Waals surface area contributed by atoms with Gasteiger partial charge in [-0.15, -0.1) is 0 Å². The Bertz CT molecular complexity index is 975. The molecule has 6 nitrogen and oxygen atoms in total. The third-order valence-corrected chi connectivity index (χ3v) is 7.36. The molecule has 0 aromatic heterocycles. The van der Waals surface area contributed by atoms with E-state index >= 15 is 0 Å². The topological polar surface area (TPSA) is 77.2 Å². The molecule has 1 fully saturated rings. The lowest BCUT2D eigenvalue weighted by molar-refractivity contribution is -0.158. The highest BCUT2D eigenvalue weighted by Gasteiger charge is 2.67. The molecule has 1 aromatic rings. The maximum Gasteiger partial charge on any atom is 0.422 e. The number of rotatable bonds is 4. The van der Waals surface area contributed by atoms with Crippen LogP contribution in [-0.4, -0.2) is 48.4 Å². The van der Waals surface area contributed by atoms with Gasteiger partial charge in [0.2, 0.25) is 0 Å². The van der Waals surface area contributed by atoms with Gasteiger partial charge in [0.1, 0.15) is 35.3 Å². The number of hydrogen-bond acceptors (Lipinski definition) is 5. The summed E-state index contributed by atoms with van der Waals surface area (Å²) in [5.74, 6) is -1.63. The fraction of sp³-hybridized carbons (Fsp3) is 0.600. The lowest BCUT2D eigenvalue weighted by Crippen LogP contribution is -2.53. The highest BCUT2D eigenvalue weighted by molar-refractivity contribution is 14.1. The number of benzene rings is 1. The molecule has 1 aromatic carbocycles. The third-order valence-electron chi connectivity index (χ3n) is 6.64. The predicted octanol–water partition coefficient (Wildman–Crippen LogP) is 4.39. The maximum absolute atomic E-state index is 13.6. The van der Waals surface area contributed by atoms with E-state index in [-0.39, 0.29) is 17.4 Å². The molecule has 4 rings (SSSR count). The van der Waals surface area contributed by atoms with Gasteiger partial charge in [-0.1, -0.05) is 6.07 Å². The molecule has 0 radical (unpaired) electrons. The minimum Gasteiger partial charge on any atom is -0.484 e. The number of hydrogen-bond donors (Lipinski definition) is 1. The standard InChI is InChI=1S/C20H20F6IN3O3/c21-18(22,23)9-30-15(31)20(29-16(30)28)14-7-13(32-10-19(24,25)26)2-1-11(14)8-17(20)5-3-12(33-27)4-6-17/h1-2,7,12H,3-6,8-10H2,(H2,28,29)/t12-,17-,20?. The quantitative estimate of drug-likeness (QED) is 0.417. The number of carbonyl (C=O) groups excluding carboxylic acids is 1. The van der Waals surface area contributed by atoms with Crippen molar-refractivity contribution in [1.29, 1.82) is 0 Å². The second kappa shape index (κ2) is 8.17. The average molecular weight is 591 g/mol. The monoisotopic (exact) mass is 591 g/mol. The smallest absolute Gasteiger partial charge is 0.422 e. The number of nitrogens with two attached hydrogens (primary N) is 1. The molecular weight excluding hydrogens is 571 g/mol. The highest BCUT2D eigenvalue weighted by atomic mass is 127. The number of nitrogens with zero attached hydrogens (tertiary/aromatic N) is 2. The van der Waals surface area contributed by atoms with Crippen molar-refractivity contribution in [3.8, 4) is 5.75 Å². The molecule has 0 saturated heterocycles. The molecule has 1 atom stereocenters. The molecule has 2 spiro atoms. The number of carbonyl (C=O) groups is 1. The Morgan fingerprint density at radius 2 is 1.82 bits per heavy atom. The van der Waals surface area contributed by atoms with Crippen LogP contribution in [0.15, 0.2) is 23.2 Å². The van der Waals surface area contributed by atoms with E-state index in [1.807, 2.05) is 0 Å². The Morgan fingerprint density at radius 1 is 1.15 bits per heavy atom. The molecule has 182 valence electrons. The Kier molecular flexibility index (Phi) is 6.03. The third kappa shape index (κ3) is 4.26. The van der Waals surface area contributed by atoms with E-state index in [0.29, 0.717) is 42.6 Å². The summed E-state index contributed by atoms with van der Waals surface area (Å²) in [7, 11) is 0. The van der Waals surface area contributed by atoms with E-state index in [1.54, 1.807) is 29.1 Å². The van der Waals surface area contributed by atoms with Crippen LogP contribution in [0, 0.1) is 5.41 Å². The number of fused-ring (bicyclic) bond motifs is 3. The van der Waals surface area contributed by atoms with E-state index in [0.717, 1.165) is 0 Å². The Balaban J connectivity index is 1.79. The first-order valence-corrected chi connectivity index (χ1v) is 11.0. The fourth-order valence-corrected chi connectivity index (χ4v) is 5.79. The van der Waals surface area contributed by atoms with Crippen molar-refractivity contribution in [2.45, 2.75) is 56.1 Å². The molecule has 2 N–H and O–H groups in total. The van der Waals surface area contributed by atoms with Crippen LogP contribution in [0.2, 0.25) is 0 Å². The summed E-state index contributed by atoms with van der Waals surface area (Å²) >= 11 is 1.79. The zero-order chi connectivity index (χ0) is 24.2. The number of alkyl halides is 6. The summed E-state index contributed by atoms with van der Waals surface area (Å²) in [5, 5.41) is 0. The van der Waals surface area contributed by atoms with Crippen molar-refractivity contribution >= 4 is 34.9 Å². The first kappa shape index (κ1) is 24.4. The summed E-state index contributed by atoms with van der Waals surface area (Å²) in [4.78, 5) is 18.4. The van der Waals surface area contributed by atoms with Gasteiger partial charge in [0.25, 0.3) is 5.91 Å². The second-order valence-electron chi connectivity index (χ2n) is 8.66. The summed E-state index contributed by atoms with van der Waals surface area (Å²) in [6.07, 6.45) is -7.07. The zero-order valence-electron chi connectivity index (χ0n) is 17.1. The second-order valence-corrected chi connectivity index (χ2v) is 9.16. The molecule has 1 heterocycles. The molecule has 13 heteroatoms. The van der Waals surface area contributed by atoms with Crippen LogP contribution in [0.3, 0.4) is 0 Å². The average Bonchev–Trinajstić information content (AvgIpc) is 3.12. The molecule has 2 aliphatic carbocycles. The van der Waals surface area contributed by atoms with Gasteiger partial charge in [-0.25, -0.2) is 4.99 Å². The van der Waals surface area contributed by atoms with Crippen LogP contribution in [0.4, 0.5) is 26.3 Å². The van der Waals surface area contributed by atoms with Gasteiger partial charge in [-0.05, 0) is 55.4 Å². The minimum absolute atomic E-state index is 0.0771. The Morgan fingerprint density at radius 3 is 2.39 bits per heavy atom. The number of ether oxygens (including phenoxy) is 1. The fourth-order valence-electron chi connectivity index (χ4n) is 5.28. The number of aliphatic imine (C=N–C) groups is 1. The van der Waals surface area contributed by atoms with Crippen molar-refractivity contribution in [3.63, 3.8) is 0 Å². The van der Waals surface area contributed by atoms with Crippen LogP contribution in [0.5, 0.6) is 5.75 Å². The highest BCUT2D eigenvalue weighted by Crippen LogP contribution is 2.62. The number of halogens is 7. The summed E-state index contributed by atoms with van der Waals surface area (Å²) in [6, 6.07) is 4.18. The Labute approximate surface area is 199 Å². The lowest BCUT2D eigenvalue weighted by Gasteiger charge is -2.45. The summed E-state index contributed by atoms with van der Waals surface area (Å²) < 4.78 is 87.7. The molecule has 1 unspecified atom stereocenters. The zero-order valence-corrected chi connectivity index (χ0v) is 19.3. The van der Waals surface area contributed by atoms with Gasteiger partial charge in [0, 0.05) is 5.41 Å². The molecular formula is C20H20F6IN3O3.